The summed E-state index contributed by atoms with van der Waals surface area (Å²) in [5.41, 5.74) is 13.8. The molecule has 1 heterocycles. The normalized spacial score (nSPS) is 11.3. The van der Waals surface area contributed by atoms with Gasteiger partial charge >= 0.3 is 0 Å². The van der Waals surface area contributed by atoms with Crippen LogP contribution in [-0.2, 0) is 7.05 Å². The Kier molecular flexibility index (Phi) is 5.66. The average Bonchev–Trinajstić information content (AvgIpc) is 2.90. The molecule has 144 valence electrons. The van der Waals surface area contributed by atoms with E-state index in [4.69, 9.17) is 22.3 Å². The molecular weight excluding hydrogens is 356 g/mol. The molecule has 3 aromatic rings. The summed E-state index contributed by atoms with van der Waals surface area (Å²) in [6.07, 6.45) is 2.19. The molecule has 4 nitrogen and oxygen atoms in total. The lowest BCUT2D eigenvalue weighted by atomic mass is 9.97. The molecule has 27 heavy (non-hydrogen) atoms. The molecule has 0 radical (unpaired) electrons. The molecular formula is C22H29ClN4. The predicted molar refractivity (Wildman–Crippen MR) is 118 cm³/mol. The van der Waals surface area contributed by atoms with Crippen LogP contribution in [0, 0.1) is 13.8 Å². The quantitative estimate of drug-likeness (QED) is 0.591. The van der Waals surface area contributed by atoms with Gasteiger partial charge in [-0.05, 0) is 56.0 Å². The van der Waals surface area contributed by atoms with Crippen molar-refractivity contribution in [2.45, 2.75) is 40.5 Å². The second kappa shape index (κ2) is 7.81. The highest BCUT2D eigenvalue weighted by Crippen LogP contribution is 2.40. The maximum atomic E-state index is 6.64. The van der Waals surface area contributed by atoms with E-state index in [1.54, 1.807) is 0 Å². The van der Waals surface area contributed by atoms with Crippen molar-refractivity contribution in [3.63, 3.8) is 0 Å². The molecule has 0 aliphatic heterocycles. The second-order valence-electron chi connectivity index (χ2n) is 7.28. The van der Waals surface area contributed by atoms with Crippen LogP contribution in [0.25, 0.3) is 22.2 Å². The van der Waals surface area contributed by atoms with Crippen molar-refractivity contribution in [1.82, 2.24) is 9.55 Å². The average molecular weight is 385 g/mol. The van der Waals surface area contributed by atoms with E-state index in [0.717, 1.165) is 64.2 Å². The molecule has 3 rings (SSSR count). The SMILES string of the molecule is CCCN(CCC)c1ccc(-c2c(C)cc(C)cc2Cl)c2nc(N)n(C)c12. The number of nitrogens with zero attached hydrogens (tertiary/aromatic N) is 3. The zero-order valence-corrected chi connectivity index (χ0v) is 17.7. The van der Waals surface area contributed by atoms with Gasteiger partial charge in [0.2, 0.25) is 5.95 Å². The largest absolute Gasteiger partial charge is 0.370 e. The van der Waals surface area contributed by atoms with Gasteiger partial charge in [0.05, 0.1) is 11.2 Å². The lowest BCUT2D eigenvalue weighted by Gasteiger charge is -2.25. The van der Waals surface area contributed by atoms with Gasteiger partial charge in [0.1, 0.15) is 5.52 Å². The van der Waals surface area contributed by atoms with Crippen LogP contribution in [0.3, 0.4) is 0 Å². The van der Waals surface area contributed by atoms with E-state index in [9.17, 15) is 0 Å². The Balaban J connectivity index is 2.30. The van der Waals surface area contributed by atoms with Crippen LogP contribution in [0.2, 0.25) is 5.02 Å². The number of anilines is 2. The molecule has 0 unspecified atom stereocenters. The molecule has 0 aliphatic rings. The number of imidazole rings is 1. The van der Waals surface area contributed by atoms with Gasteiger partial charge in [0, 0.05) is 36.3 Å². The minimum absolute atomic E-state index is 0.521. The van der Waals surface area contributed by atoms with E-state index in [1.165, 1.54) is 5.69 Å². The summed E-state index contributed by atoms with van der Waals surface area (Å²) in [6.45, 7) is 10.6. The standard InChI is InChI=1S/C22H29ClN4/c1-6-10-27(11-7-2)18-9-8-16(20-21(18)26(5)22(24)25-20)19-15(4)12-14(3)13-17(19)23/h8-9,12-13H,6-7,10-11H2,1-5H3,(H2,24,25). The van der Waals surface area contributed by atoms with Crippen LogP contribution in [-0.4, -0.2) is 22.6 Å². The number of rotatable bonds is 6. The summed E-state index contributed by atoms with van der Waals surface area (Å²) < 4.78 is 1.99. The summed E-state index contributed by atoms with van der Waals surface area (Å²) in [4.78, 5) is 7.14. The third-order valence-corrected chi connectivity index (χ3v) is 5.36. The number of halogens is 1. The molecule has 0 aliphatic carbocycles. The molecule has 2 N–H and O–H groups in total. The van der Waals surface area contributed by atoms with Crippen LogP contribution in [0.1, 0.15) is 37.8 Å². The van der Waals surface area contributed by atoms with E-state index < -0.39 is 0 Å². The highest BCUT2D eigenvalue weighted by atomic mass is 35.5. The summed E-state index contributed by atoms with van der Waals surface area (Å²) in [5.74, 6) is 0.521. The molecule has 0 bridgehead atoms. The summed E-state index contributed by atoms with van der Waals surface area (Å²) >= 11 is 6.64. The van der Waals surface area contributed by atoms with Gasteiger partial charge in [-0.25, -0.2) is 4.98 Å². The molecule has 0 fully saturated rings. The van der Waals surface area contributed by atoms with Crippen molar-refractivity contribution in [3.05, 3.63) is 40.4 Å². The number of fused-ring (bicyclic) bond motifs is 1. The van der Waals surface area contributed by atoms with Crippen molar-refractivity contribution in [1.29, 1.82) is 0 Å². The van der Waals surface area contributed by atoms with Crippen molar-refractivity contribution in [3.8, 4) is 11.1 Å². The van der Waals surface area contributed by atoms with Gasteiger partial charge in [-0.1, -0.05) is 31.5 Å². The van der Waals surface area contributed by atoms with Crippen molar-refractivity contribution >= 4 is 34.3 Å². The van der Waals surface area contributed by atoms with Crippen LogP contribution >= 0.6 is 11.6 Å². The first-order chi connectivity index (χ1) is 12.9. The first kappa shape index (κ1) is 19.6. The van der Waals surface area contributed by atoms with Crippen LogP contribution in [0.15, 0.2) is 24.3 Å². The first-order valence-corrected chi connectivity index (χ1v) is 10.0. The number of aryl methyl sites for hydroxylation is 3. The molecule has 0 saturated carbocycles. The highest BCUT2D eigenvalue weighted by Gasteiger charge is 2.20. The van der Waals surface area contributed by atoms with Crippen LogP contribution in [0.5, 0.6) is 0 Å². The van der Waals surface area contributed by atoms with Crippen molar-refractivity contribution in [2.75, 3.05) is 23.7 Å². The van der Waals surface area contributed by atoms with E-state index in [0.29, 0.717) is 5.95 Å². The molecule has 1 aromatic heterocycles. The maximum Gasteiger partial charge on any atom is 0.201 e. The number of benzene rings is 2. The number of aromatic nitrogens is 2. The van der Waals surface area contributed by atoms with E-state index in [1.807, 2.05) is 17.7 Å². The van der Waals surface area contributed by atoms with Gasteiger partial charge in [-0.3, -0.25) is 0 Å². The Hall–Kier alpha value is -2.20. The Morgan fingerprint density at radius 2 is 1.78 bits per heavy atom. The lowest BCUT2D eigenvalue weighted by Crippen LogP contribution is -2.25. The number of nitrogens with two attached hydrogens (primary N) is 1. The fourth-order valence-corrected chi connectivity index (χ4v) is 4.35. The van der Waals surface area contributed by atoms with Crippen LogP contribution < -0.4 is 10.6 Å². The zero-order chi connectivity index (χ0) is 19.7. The number of hydrogen-bond donors (Lipinski definition) is 1. The smallest absolute Gasteiger partial charge is 0.201 e. The topological polar surface area (TPSA) is 47.1 Å². The monoisotopic (exact) mass is 384 g/mol. The Bertz CT molecular complexity index is 945. The van der Waals surface area contributed by atoms with Gasteiger partial charge < -0.3 is 15.2 Å². The third-order valence-electron chi connectivity index (χ3n) is 5.06. The number of nitrogen functional groups attached to an aromatic ring is 1. The fraction of sp³-hybridized carbons (Fsp3) is 0.409. The van der Waals surface area contributed by atoms with Crippen molar-refractivity contribution < 1.29 is 0 Å². The van der Waals surface area contributed by atoms with E-state index >= 15 is 0 Å². The molecule has 5 heteroatoms. The fourth-order valence-electron chi connectivity index (χ4n) is 3.92. The summed E-state index contributed by atoms with van der Waals surface area (Å²) in [6, 6.07) is 8.51. The van der Waals surface area contributed by atoms with Gasteiger partial charge in [-0.15, -0.1) is 0 Å². The maximum absolute atomic E-state index is 6.64. The Labute approximate surface area is 166 Å². The van der Waals surface area contributed by atoms with Gasteiger partial charge in [0.15, 0.2) is 0 Å². The first-order valence-electron chi connectivity index (χ1n) is 9.65. The van der Waals surface area contributed by atoms with Crippen molar-refractivity contribution in [2.24, 2.45) is 7.05 Å². The Morgan fingerprint density at radius 1 is 1.11 bits per heavy atom. The predicted octanol–water partition coefficient (Wildman–Crippen LogP) is 5.72. The van der Waals surface area contributed by atoms with Gasteiger partial charge in [0.25, 0.3) is 0 Å². The summed E-state index contributed by atoms with van der Waals surface area (Å²) in [5, 5.41) is 0.754. The lowest BCUT2D eigenvalue weighted by molar-refractivity contribution is 0.745. The molecule has 2 aromatic carbocycles. The summed E-state index contributed by atoms with van der Waals surface area (Å²) in [7, 11) is 1.98. The molecule has 0 amide bonds. The molecule has 0 atom stereocenters. The molecule has 0 saturated heterocycles. The van der Waals surface area contributed by atoms with E-state index in [-0.39, 0.29) is 0 Å². The second-order valence-corrected chi connectivity index (χ2v) is 7.69. The van der Waals surface area contributed by atoms with Crippen LogP contribution in [0.4, 0.5) is 11.6 Å². The van der Waals surface area contributed by atoms with E-state index in [2.05, 4.69) is 50.8 Å². The Morgan fingerprint density at radius 3 is 2.37 bits per heavy atom. The third kappa shape index (κ3) is 3.51. The zero-order valence-electron chi connectivity index (χ0n) is 16.9. The van der Waals surface area contributed by atoms with Gasteiger partial charge in [-0.2, -0.15) is 0 Å². The highest BCUT2D eigenvalue weighted by molar-refractivity contribution is 6.34. The molecule has 0 spiro atoms. The minimum Gasteiger partial charge on any atom is -0.370 e. The minimum atomic E-state index is 0.521. The number of hydrogen-bond acceptors (Lipinski definition) is 3.